The maximum atomic E-state index is 14.5. The molecule has 34 heavy (non-hydrogen) atoms. The van der Waals surface area contributed by atoms with Crippen molar-refractivity contribution in [2.75, 3.05) is 13.2 Å². The third-order valence-electron chi connectivity index (χ3n) is 7.79. The molecule has 0 amide bonds. The monoisotopic (exact) mass is 492 g/mol. The van der Waals surface area contributed by atoms with Gasteiger partial charge in [-0.15, -0.1) is 0 Å². The summed E-state index contributed by atoms with van der Waals surface area (Å²) in [5.74, 6) is -15.1. The SMILES string of the molecule is CCC(C)(C)C(=O)OCCOC(=O)C(F)(F)CC(F)(F)C(=O)C(=O)C12CC3CC(CC(C3)C1)C2. The van der Waals surface area contributed by atoms with Crippen molar-refractivity contribution >= 4 is 23.5 Å². The van der Waals surface area contributed by atoms with E-state index in [1.165, 1.54) is 0 Å². The molecule has 0 atom stereocenters. The summed E-state index contributed by atoms with van der Waals surface area (Å²) in [4.78, 5) is 48.8. The molecule has 0 aromatic heterocycles. The molecule has 4 aliphatic rings. The maximum absolute atomic E-state index is 14.5. The average molecular weight is 493 g/mol. The van der Waals surface area contributed by atoms with E-state index in [1.54, 1.807) is 20.8 Å². The predicted molar refractivity (Wildman–Crippen MR) is 111 cm³/mol. The lowest BCUT2D eigenvalue weighted by Crippen LogP contribution is -2.55. The van der Waals surface area contributed by atoms with Gasteiger partial charge < -0.3 is 9.47 Å². The lowest BCUT2D eigenvalue weighted by Gasteiger charge is -2.55. The number of halogens is 4. The first-order valence-electron chi connectivity index (χ1n) is 11.8. The molecule has 0 aromatic carbocycles. The Hall–Kier alpha value is -2.00. The van der Waals surface area contributed by atoms with E-state index in [0.29, 0.717) is 25.7 Å². The highest BCUT2D eigenvalue weighted by Crippen LogP contribution is 2.60. The van der Waals surface area contributed by atoms with Gasteiger partial charge in [0.15, 0.2) is 0 Å². The molecule has 10 heteroatoms. The number of hydrogen-bond acceptors (Lipinski definition) is 6. The fraction of sp³-hybridized carbons (Fsp3) is 0.833. The Morgan fingerprint density at radius 1 is 0.794 bits per heavy atom. The summed E-state index contributed by atoms with van der Waals surface area (Å²) in [6, 6.07) is 0. The molecule has 4 aliphatic carbocycles. The van der Waals surface area contributed by atoms with Gasteiger partial charge in [-0.25, -0.2) is 4.79 Å². The van der Waals surface area contributed by atoms with Crippen LogP contribution >= 0.6 is 0 Å². The molecule has 0 aliphatic heterocycles. The standard InChI is InChI=1S/C24H32F4O6/c1-4-21(2,3)19(31)33-5-6-34-20(32)24(27,28)13-23(25,26)18(30)17(29)22-10-14-7-15(11-22)9-16(8-14)12-22/h14-16H,4-13H2,1-3H3. The van der Waals surface area contributed by atoms with Crippen molar-refractivity contribution in [2.24, 2.45) is 28.6 Å². The van der Waals surface area contributed by atoms with Crippen molar-refractivity contribution in [1.82, 2.24) is 0 Å². The Labute approximate surface area is 196 Å². The summed E-state index contributed by atoms with van der Waals surface area (Å²) in [6.07, 6.45) is 1.75. The second-order valence-corrected chi connectivity index (χ2v) is 11.0. The highest BCUT2D eigenvalue weighted by Gasteiger charge is 2.61. The second-order valence-electron chi connectivity index (χ2n) is 11.0. The van der Waals surface area contributed by atoms with Crippen LogP contribution in [0.5, 0.6) is 0 Å². The molecule has 0 spiro atoms. The van der Waals surface area contributed by atoms with Gasteiger partial charge in [-0.3, -0.25) is 14.4 Å². The van der Waals surface area contributed by atoms with E-state index >= 15 is 0 Å². The molecule has 0 aromatic rings. The van der Waals surface area contributed by atoms with E-state index in [9.17, 15) is 36.7 Å². The maximum Gasteiger partial charge on any atom is 0.377 e. The zero-order chi connectivity index (χ0) is 25.5. The van der Waals surface area contributed by atoms with Gasteiger partial charge in [0.1, 0.15) is 13.2 Å². The van der Waals surface area contributed by atoms with Crippen LogP contribution < -0.4 is 0 Å². The minimum absolute atomic E-state index is 0.199. The number of esters is 2. The normalized spacial score (nSPS) is 28.5. The van der Waals surface area contributed by atoms with Crippen LogP contribution in [-0.2, 0) is 28.7 Å². The predicted octanol–water partition coefficient (Wildman–Crippen LogP) is 4.52. The van der Waals surface area contributed by atoms with E-state index in [4.69, 9.17) is 4.74 Å². The minimum atomic E-state index is -4.71. The van der Waals surface area contributed by atoms with Crippen molar-refractivity contribution in [3.8, 4) is 0 Å². The van der Waals surface area contributed by atoms with E-state index in [2.05, 4.69) is 4.74 Å². The Kier molecular flexibility index (Phi) is 7.22. The molecule has 0 unspecified atom stereocenters. The van der Waals surface area contributed by atoms with Crippen LogP contribution in [0.2, 0.25) is 0 Å². The lowest BCUT2D eigenvalue weighted by atomic mass is 9.48. The Bertz CT molecular complexity index is 815. The van der Waals surface area contributed by atoms with Crippen LogP contribution in [0.25, 0.3) is 0 Å². The highest BCUT2D eigenvalue weighted by molar-refractivity contribution is 6.41. The summed E-state index contributed by atoms with van der Waals surface area (Å²) in [6.45, 7) is 3.69. The van der Waals surface area contributed by atoms with Crippen molar-refractivity contribution in [3.63, 3.8) is 0 Å². The third-order valence-corrected chi connectivity index (χ3v) is 7.79. The number of ketones is 2. The fourth-order valence-corrected chi connectivity index (χ4v) is 5.94. The van der Waals surface area contributed by atoms with Crippen LogP contribution in [0.3, 0.4) is 0 Å². The summed E-state index contributed by atoms with van der Waals surface area (Å²) >= 11 is 0. The smallest absolute Gasteiger partial charge is 0.377 e. The quantitative estimate of drug-likeness (QED) is 0.182. The molecule has 4 rings (SSSR count). The lowest BCUT2D eigenvalue weighted by molar-refractivity contribution is -0.190. The number of hydrogen-bond donors (Lipinski definition) is 0. The molecule has 0 N–H and O–H groups in total. The van der Waals surface area contributed by atoms with Crippen molar-refractivity contribution in [3.05, 3.63) is 0 Å². The molecule has 4 fully saturated rings. The van der Waals surface area contributed by atoms with Crippen molar-refractivity contribution in [2.45, 2.75) is 84.0 Å². The van der Waals surface area contributed by atoms with Gasteiger partial charge >= 0.3 is 23.8 Å². The van der Waals surface area contributed by atoms with E-state index in [0.717, 1.165) is 19.3 Å². The van der Waals surface area contributed by atoms with Crippen molar-refractivity contribution in [1.29, 1.82) is 0 Å². The summed E-state index contributed by atoms with van der Waals surface area (Å²) in [5.41, 5.74) is -2.01. The first kappa shape index (κ1) is 26.6. The Morgan fingerprint density at radius 3 is 1.68 bits per heavy atom. The first-order chi connectivity index (χ1) is 15.6. The zero-order valence-corrected chi connectivity index (χ0v) is 19.8. The van der Waals surface area contributed by atoms with Gasteiger partial charge in [-0.2, -0.15) is 17.6 Å². The van der Waals surface area contributed by atoms with Gasteiger partial charge in [-0.05, 0) is 76.5 Å². The topological polar surface area (TPSA) is 86.7 Å². The number of carbonyl (C=O) groups is 4. The molecule has 0 radical (unpaired) electrons. The molecular formula is C24H32F4O6. The number of rotatable bonds is 11. The molecule has 0 saturated heterocycles. The van der Waals surface area contributed by atoms with Crippen LogP contribution in [0.1, 0.15) is 72.1 Å². The van der Waals surface area contributed by atoms with Crippen LogP contribution in [0, 0.1) is 28.6 Å². The molecule has 192 valence electrons. The van der Waals surface area contributed by atoms with Gasteiger partial charge in [0.25, 0.3) is 5.78 Å². The Morgan fingerprint density at radius 2 is 1.24 bits per heavy atom. The van der Waals surface area contributed by atoms with Gasteiger partial charge in [0.2, 0.25) is 5.78 Å². The number of ether oxygens (including phenoxy) is 2. The van der Waals surface area contributed by atoms with Crippen LogP contribution in [0.15, 0.2) is 0 Å². The summed E-state index contributed by atoms with van der Waals surface area (Å²) < 4.78 is 66.6. The molecular weight excluding hydrogens is 460 g/mol. The zero-order valence-electron chi connectivity index (χ0n) is 19.8. The van der Waals surface area contributed by atoms with Gasteiger partial charge in [0, 0.05) is 5.41 Å². The summed E-state index contributed by atoms with van der Waals surface area (Å²) in [5, 5.41) is 0. The summed E-state index contributed by atoms with van der Waals surface area (Å²) in [7, 11) is 0. The molecule has 4 saturated carbocycles. The third kappa shape index (κ3) is 5.30. The van der Waals surface area contributed by atoms with Gasteiger partial charge in [0.05, 0.1) is 11.8 Å². The second kappa shape index (κ2) is 9.22. The number of Topliss-reactive ketones (excluding diaryl/α,β-unsaturated/α-hetero) is 2. The molecule has 6 nitrogen and oxygen atoms in total. The largest absolute Gasteiger partial charge is 0.462 e. The van der Waals surface area contributed by atoms with E-state index in [-0.39, 0.29) is 17.8 Å². The first-order valence-corrected chi connectivity index (χ1v) is 11.8. The van der Waals surface area contributed by atoms with E-state index in [1.807, 2.05) is 0 Å². The molecule has 0 heterocycles. The average Bonchev–Trinajstić information content (AvgIpc) is 2.73. The molecule has 4 bridgehead atoms. The fourth-order valence-electron chi connectivity index (χ4n) is 5.94. The van der Waals surface area contributed by atoms with Crippen molar-refractivity contribution < 1.29 is 46.2 Å². The van der Waals surface area contributed by atoms with Gasteiger partial charge in [-0.1, -0.05) is 6.92 Å². The number of carbonyl (C=O) groups excluding carboxylic acids is 4. The van der Waals surface area contributed by atoms with Crippen LogP contribution in [0.4, 0.5) is 17.6 Å². The van der Waals surface area contributed by atoms with Crippen LogP contribution in [-0.4, -0.2) is 48.6 Å². The highest BCUT2D eigenvalue weighted by atomic mass is 19.3. The minimum Gasteiger partial charge on any atom is -0.462 e. The number of alkyl halides is 4. The van der Waals surface area contributed by atoms with E-state index < -0.39 is 65.8 Å². The Balaban J connectivity index is 1.55.